The van der Waals surface area contributed by atoms with Crippen molar-refractivity contribution in [2.75, 3.05) is 50.0 Å². The molecule has 1 aromatic heterocycles. The number of halogens is 2. The topological polar surface area (TPSA) is 75.2 Å². The monoisotopic (exact) mass is 336 g/mol. The summed E-state index contributed by atoms with van der Waals surface area (Å²) in [6.45, 7) is 4.91. The summed E-state index contributed by atoms with van der Waals surface area (Å²) in [6.07, 6.45) is 1.49. The number of ether oxygens (including phenoxy) is 1. The average Bonchev–Trinajstić information content (AvgIpc) is 2.59. The third kappa shape index (κ3) is 4.56. The predicted molar refractivity (Wildman–Crippen MR) is 85.2 cm³/mol. The lowest BCUT2D eigenvalue weighted by atomic mass is 10.3. The number of benzene rings is 1. The van der Waals surface area contributed by atoms with Crippen LogP contribution < -0.4 is 10.6 Å². The fraction of sp³-hybridized carbons (Fsp3) is 0.400. The van der Waals surface area contributed by atoms with Crippen molar-refractivity contribution in [3.05, 3.63) is 36.0 Å². The number of nitrogens with zero attached hydrogens (tertiary/aromatic N) is 4. The number of rotatable bonds is 6. The number of anilines is 3. The van der Waals surface area contributed by atoms with Gasteiger partial charge < -0.3 is 15.4 Å². The Morgan fingerprint density at radius 2 is 2.04 bits per heavy atom. The summed E-state index contributed by atoms with van der Waals surface area (Å²) in [5, 5.41) is 13.5. The molecule has 3 rings (SSSR count). The molecule has 1 aliphatic heterocycles. The second kappa shape index (κ2) is 7.93. The van der Waals surface area contributed by atoms with Gasteiger partial charge in [-0.2, -0.15) is 10.1 Å². The standard InChI is InChI=1S/C15H18F2N6O/c16-11-1-2-13(12(17)9-11)20-15-21-14(10-19-22-15)18-3-4-23-5-7-24-8-6-23/h1-2,9-10H,3-8H2,(H2,18,20,21,22). The predicted octanol–water partition coefficient (Wildman–Crippen LogP) is 1.64. The summed E-state index contributed by atoms with van der Waals surface area (Å²) in [4.78, 5) is 6.50. The van der Waals surface area contributed by atoms with Crippen LogP contribution in [-0.2, 0) is 4.74 Å². The van der Waals surface area contributed by atoms with Crippen molar-refractivity contribution in [1.82, 2.24) is 20.1 Å². The van der Waals surface area contributed by atoms with Crippen molar-refractivity contribution in [2.24, 2.45) is 0 Å². The number of hydrogen-bond acceptors (Lipinski definition) is 7. The van der Waals surface area contributed by atoms with Crippen LogP contribution in [0.2, 0.25) is 0 Å². The molecule has 0 aliphatic carbocycles. The molecule has 0 radical (unpaired) electrons. The molecule has 0 atom stereocenters. The van der Waals surface area contributed by atoms with Gasteiger partial charge in [-0.3, -0.25) is 4.90 Å². The first-order valence-electron chi connectivity index (χ1n) is 7.66. The molecule has 0 spiro atoms. The number of nitrogens with one attached hydrogen (secondary N) is 2. The van der Waals surface area contributed by atoms with Crippen LogP contribution in [0.1, 0.15) is 0 Å². The number of aromatic nitrogens is 3. The molecule has 0 saturated carbocycles. The van der Waals surface area contributed by atoms with E-state index in [1.807, 2.05) is 0 Å². The Bertz CT molecular complexity index is 681. The van der Waals surface area contributed by atoms with Gasteiger partial charge in [-0.15, -0.1) is 5.10 Å². The van der Waals surface area contributed by atoms with Gasteiger partial charge in [0.05, 0.1) is 25.1 Å². The fourth-order valence-electron chi connectivity index (χ4n) is 2.32. The van der Waals surface area contributed by atoms with Gasteiger partial charge in [0.25, 0.3) is 0 Å². The molecule has 7 nitrogen and oxygen atoms in total. The quantitative estimate of drug-likeness (QED) is 0.830. The maximum Gasteiger partial charge on any atom is 0.249 e. The van der Waals surface area contributed by atoms with Crippen molar-refractivity contribution >= 4 is 17.5 Å². The molecular formula is C15H18F2N6O. The molecule has 24 heavy (non-hydrogen) atoms. The first-order valence-corrected chi connectivity index (χ1v) is 7.66. The minimum absolute atomic E-state index is 0.0867. The molecule has 1 saturated heterocycles. The van der Waals surface area contributed by atoms with Gasteiger partial charge in [0, 0.05) is 32.2 Å². The van der Waals surface area contributed by atoms with Crippen molar-refractivity contribution in [3.8, 4) is 0 Å². The van der Waals surface area contributed by atoms with Crippen LogP contribution in [0.25, 0.3) is 0 Å². The first-order chi connectivity index (χ1) is 11.7. The van der Waals surface area contributed by atoms with Gasteiger partial charge in [-0.1, -0.05) is 0 Å². The number of morpholine rings is 1. The second-order valence-electron chi connectivity index (χ2n) is 5.30. The Labute approximate surface area is 138 Å². The number of hydrogen-bond donors (Lipinski definition) is 2. The molecule has 0 amide bonds. The molecule has 128 valence electrons. The van der Waals surface area contributed by atoms with Crippen molar-refractivity contribution in [1.29, 1.82) is 0 Å². The van der Waals surface area contributed by atoms with E-state index in [1.54, 1.807) is 0 Å². The lowest BCUT2D eigenvalue weighted by molar-refractivity contribution is 0.0398. The molecule has 1 fully saturated rings. The van der Waals surface area contributed by atoms with Crippen LogP contribution in [0.5, 0.6) is 0 Å². The van der Waals surface area contributed by atoms with E-state index in [1.165, 1.54) is 12.3 Å². The molecule has 1 aliphatic rings. The SMILES string of the molecule is Fc1ccc(Nc2nncc(NCCN3CCOCC3)n2)c(F)c1. The van der Waals surface area contributed by atoms with Gasteiger partial charge in [-0.05, 0) is 12.1 Å². The van der Waals surface area contributed by atoms with Gasteiger partial charge in [0.2, 0.25) is 5.95 Å². The van der Waals surface area contributed by atoms with Crippen molar-refractivity contribution in [2.45, 2.75) is 0 Å². The van der Waals surface area contributed by atoms with Gasteiger partial charge in [0.15, 0.2) is 5.82 Å². The summed E-state index contributed by atoms with van der Waals surface area (Å²) in [6, 6.07) is 3.23. The smallest absolute Gasteiger partial charge is 0.249 e. The van der Waals surface area contributed by atoms with E-state index in [0.717, 1.165) is 45.0 Å². The summed E-state index contributed by atoms with van der Waals surface area (Å²) < 4.78 is 31.8. The van der Waals surface area contributed by atoms with Crippen molar-refractivity contribution in [3.63, 3.8) is 0 Å². The van der Waals surface area contributed by atoms with Crippen LogP contribution >= 0.6 is 0 Å². The maximum atomic E-state index is 13.6. The summed E-state index contributed by atoms with van der Waals surface area (Å²) in [5.41, 5.74) is 0.0867. The van der Waals surface area contributed by atoms with Gasteiger partial charge in [-0.25, -0.2) is 8.78 Å². The molecule has 0 unspecified atom stereocenters. The summed E-state index contributed by atoms with van der Waals surface area (Å²) >= 11 is 0. The minimum Gasteiger partial charge on any atom is -0.379 e. The highest BCUT2D eigenvalue weighted by Gasteiger charge is 2.10. The molecule has 9 heteroatoms. The van der Waals surface area contributed by atoms with E-state index in [-0.39, 0.29) is 11.6 Å². The van der Waals surface area contributed by atoms with E-state index >= 15 is 0 Å². The van der Waals surface area contributed by atoms with Crippen LogP contribution in [-0.4, -0.2) is 59.5 Å². The summed E-state index contributed by atoms with van der Waals surface area (Å²) in [5.74, 6) is -0.694. The first kappa shape index (κ1) is 16.5. The van der Waals surface area contributed by atoms with Crippen LogP contribution in [0.4, 0.5) is 26.2 Å². The van der Waals surface area contributed by atoms with E-state index in [4.69, 9.17) is 4.74 Å². The highest BCUT2D eigenvalue weighted by atomic mass is 19.1. The Morgan fingerprint density at radius 1 is 1.21 bits per heavy atom. The van der Waals surface area contributed by atoms with E-state index in [0.29, 0.717) is 12.4 Å². The highest BCUT2D eigenvalue weighted by molar-refractivity contribution is 5.54. The zero-order chi connectivity index (χ0) is 16.8. The van der Waals surface area contributed by atoms with Crippen LogP contribution in [0.3, 0.4) is 0 Å². The van der Waals surface area contributed by atoms with Crippen molar-refractivity contribution < 1.29 is 13.5 Å². The fourth-order valence-corrected chi connectivity index (χ4v) is 2.32. The molecule has 2 aromatic rings. The van der Waals surface area contributed by atoms with E-state index in [2.05, 4.69) is 30.7 Å². The Morgan fingerprint density at radius 3 is 2.83 bits per heavy atom. The maximum absolute atomic E-state index is 13.6. The summed E-state index contributed by atoms with van der Waals surface area (Å²) in [7, 11) is 0. The minimum atomic E-state index is -0.718. The molecular weight excluding hydrogens is 318 g/mol. The van der Waals surface area contributed by atoms with E-state index < -0.39 is 11.6 Å². The Hall–Kier alpha value is -2.39. The normalized spacial score (nSPS) is 15.2. The molecule has 2 heterocycles. The second-order valence-corrected chi connectivity index (χ2v) is 5.30. The third-order valence-electron chi connectivity index (χ3n) is 3.57. The zero-order valence-corrected chi connectivity index (χ0v) is 13.0. The lowest BCUT2D eigenvalue weighted by Crippen LogP contribution is -2.39. The van der Waals surface area contributed by atoms with Gasteiger partial charge >= 0.3 is 0 Å². The van der Waals surface area contributed by atoms with Crippen LogP contribution in [0.15, 0.2) is 24.4 Å². The molecule has 1 aromatic carbocycles. The largest absolute Gasteiger partial charge is 0.379 e. The Kier molecular flexibility index (Phi) is 5.44. The van der Waals surface area contributed by atoms with E-state index in [9.17, 15) is 8.78 Å². The molecule has 2 N–H and O–H groups in total. The lowest BCUT2D eigenvalue weighted by Gasteiger charge is -2.26. The zero-order valence-electron chi connectivity index (χ0n) is 13.0. The van der Waals surface area contributed by atoms with Gasteiger partial charge in [0.1, 0.15) is 11.6 Å². The highest BCUT2D eigenvalue weighted by Crippen LogP contribution is 2.18. The Balaban J connectivity index is 1.55. The molecule has 0 bridgehead atoms. The average molecular weight is 336 g/mol. The van der Waals surface area contributed by atoms with Crippen LogP contribution in [0, 0.1) is 11.6 Å². The third-order valence-corrected chi connectivity index (χ3v) is 3.57.